The number of hydrogen-bond acceptors (Lipinski definition) is 8. The maximum Gasteiger partial charge on any atom is 0.245 e. The summed E-state index contributed by atoms with van der Waals surface area (Å²) in [6, 6.07) is 7.69. The molecule has 0 amide bonds. The molecule has 11 heteroatoms. The zero-order valence-electron chi connectivity index (χ0n) is 16.2. The summed E-state index contributed by atoms with van der Waals surface area (Å²) >= 11 is 0. The highest BCUT2D eigenvalue weighted by molar-refractivity contribution is 8.09. The zero-order chi connectivity index (χ0) is 21.8. The van der Waals surface area contributed by atoms with E-state index in [4.69, 9.17) is 4.52 Å². The molecule has 1 fully saturated rings. The third-order valence-electron chi connectivity index (χ3n) is 5.08. The van der Waals surface area contributed by atoms with Gasteiger partial charge in [-0.05, 0) is 35.4 Å². The number of aromatic nitrogens is 1. The molecule has 1 heterocycles. The lowest BCUT2D eigenvalue weighted by molar-refractivity contribution is -0.130. The predicted molar refractivity (Wildman–Crippen MR) is 110 cm³/mol. The van der Waals surface area contributed by atoms with E-state index >= 15 is 0 Å². The van der Waals surface area contributed by atoms with Crippen molar-refractivity contribution in [1.29, 1.82) is 0 Å². The van der Waals surface area contributed by atoms with Gasteiger partial charge in [0.25, 0.3) is 0 Å². The number of ketones is 2. The topological polar surface area (TPSA) is 132 Å². The van der Waals surface area contributed by atoms with Gasteiger partial charge in [0.2, 0.25) is 20.0 Å². The van der Waals surface area contributed by atoms with Gasteiger partial charge in [-0.1, -0.05) is 17.3 Å². The first-order valence-electron chi connectivity index (χ1n) is 9.04. The van der Waals surface area contributed by atoms with E-state index in [1.807, 2.05) is 0 Å². The second-order valence-electron chi connectivity index (χ2n) is 7.41. The van der Waals surface area contributed by atoms with Gasteiger partial charge in [-0.3, -0.25) is 9.59 Å². The van der Waals surface area contributed by atoms with E-state index in [1.165, 1.54) is 12.1 Å². The number of sulfonamides is 2. The lowest BCUT2D eigenvalue weighted by atomic mass is 9.83. The molecule has 0 saturated heterocycles. The van der Waals surface area contributed by atoms with Crippen LogP contribution >= 0.6 is 0 Å². The van der Waals surface area contributed by atoms with Crippen molar-refractivity contribution < 1.29 is 30.9 Å². The van der Waals surface area contributed by atoms with E-state index in [1.54, 1.807) is 18.2 Å². The minimum absolute atomic E-state index is 0.0239. The molecule has 0 bridgehead atoms. The summed E-state index contributed by atoms with van der Waals surface area (Å²) in [5, 5.41) is 5.86. The van der Waals surface area contributed by atoms with E-state index in [0.29, 0.717) is 37.6 Å². The quantitative estimate of drug-likeness (QED) is 0.552. The number of nitrogens with zero attached hydrogens (tertiary/aromatic N) is 2. The number of anilines is 1. The van der Waals surface area contributed by atoms with Crippen molar-refractivity contribution in [3.8, 4) is 0 Å². The van der Waals surface area contributed by atoms with Gasteiger partial charge in [0, 0.05) is 6.42 Å². The van der Waals surface area contributed by atoms with Crippen LogP contribution in [0.2, 0.25) is 0 Å². The van der Waals surface area contributed by atoms with Gasteiger partial charge < -0.3 is 4.52 Å². The van der Waals surface area contributed by atoms with Crippen molar-refractivity contribution in [2.45, 2.75) is 25.2 Å². The third kappa shape index (κ3) is 3.47. The standard InChI is InChI=1S/C19H18N2O7S2/c1-29(24,25)21(30(2,26)27)12-4-6-14-11(9-12)3-8-17-18(14)19(20-28-17)15-7-5-13(22)10-16(15)23/h3-4,6,8-9,15H,5,7,10H2,1-2H3/t15-/m0/s1. The molecule has 0 N–H and O–H groups in total. The Hall–Kier alpha value is -2.79. The molecule has 1 aromatic heterocycles. The van der Waals surface area contributed by atoms with Crippen molar-refractivity contribution in [1.82, 2.24) is 5.16 Å². The van der Waals surface area contributed by atoms with Crippen LogP contribution in [0.5, 0.6) is 0 Å². The number of hydrogen-bond donors (Lipinski definition) is 0. The Morgan fingerprint density at radius 2 is 1.73 bits per heavy atom. The van der Waals surface area contributed by atoms with Crippen LogP contribution < -0.4 is 3.71 Å². The second kappa shape index (κ2) is 6.88. The number of carbonyl (C=O) groups is 2. The van der Waals surface area contributed by atoms with Gasteiger partial charge in [-0.25, -0.2) is 16.8 Å². The van der Waals surface area contributed by atoms with Crippen molar-refractivity contribution in [2.24, 2.45) is 0 Å². The van der Waals surface area contributed by atoms with Gasteiger partial charge in [0.1, 0.15) is 17.3 Å². The van der Waals surface area contributed by atoms with Gasteiger partial charge >= 0.3 is 0 Å². The van der Waals surface area contributed by atoms with Crippen molar-refractivity contribution in [2.75, 3.05) is 16.2 Å². The minimum atomic E-state index is -4.08. The average Bonchev–Trinajstić information content (AvgIpc) is 3.03. The Bertz CT molecular complexity index is 1390. The van der Waals surface area contributed by atoms with Crippen LogP contribution in [0.4, 0.5) is 5.69 Å². The maximum atomic E-state index is 12.4. The summed E-state index contributed by atoms with van der Waals surface area (Å²) in [7, 11) is -8.15. The summed E-state index contributed by atoms with van der Waals surface area (Å²) in [6.45, 7) is 0. The molecular weight excluding hydrogens is 432 g/mol. The predicted octanol–water partition coefficient (Wildman–Crippen LogP) is 2.11. The van der Waals surface area contributed by atoms with Crippen molar-refractivity contribution in [3.63, 3.8) is 0 Å². The lowest BCUT2D eigenvalue weighted by Gasteiger charge is -2.20. The van der Waals surface area contributed by atoms with Crippen LogP contribution in [0.25, 0.3) is 21.7 Å². The molecule has 0 aliphatic heterocycles. The van der Waals surface area contributed by atoms with Crippen molar-refractivity contribution in [3.05, 3.63) is 36.0 Å². The van der Waals surface area contributed by atoms with Gasteiger partial charge in [0.15, 0.2) is 5.58 Å². The molecule has 0 spiro atoms. The Kier molecular flexibility index (Phi) is 4.70. The fraction of sp³-hybridized carbons (Fsp3) is 0.316. The molecule has 1 saturated carbocycles. The maximum absolute atomic E-state index is 12.4. The van der Waals surface area contributed by atoms with E-state index in [-0.39, 0.29) is 30.1 Å². The average molecular weight is 450 g/mol. The monoisotopic (exact) mass is 450 g/mol. The molecule has 0 unspecified atom stereocenters. The molecule has 0 radical (unpaired) electrons. The van der Waals surface area contributed by atoms with Crippen LogP contribution in [0.3, 0.4) is 0 Å². The highest BCUT2D eigenvalue weighted by atomic mass is 32.3. The fourth-order valence-corrected chi connectivity index (χ4v) is 6.88. The minimum Gasteiger partial charge on any atom is -0.356 e. The summed E-state index contributed by atoms with van der Waals surface area (Å²) < 4.78 is 54.0. The second-order valence-corrected chi connectivity index (χ2v) is 11.3. The Morgan fingerprint density at radius 3 is 2.37 bits per heavy atom. The largest absolute Gasteiger partial charge is 0.356 e. The van der Waals surface area contributed by atoms with E-state index in [0.717, 1.165) is 12.5 Å². The first kappa shape index (κ1) is 20.5. The number of benzene rings is 2. The SMILES string of the molecule is CS(=O)(=O)N(c1ccc2c(ccc3onc([C@H]4CCC(=O)CC4=O)c32)c1)S(C)(=O)=O. The first-order valence-corrected chi connectivity index (χ1v) is 12.7. The number of carbonyl (C=O) groups excluding carboxylic acids is 2. The number of Topliss-reactive ketones (excluding diaryl/α,β-unsaturated/α-hetero) is 2. The summed E-state index contributed by atoms with van der Waals surface area (Å²) in [5.74, 6) is -0.867. The fourth-order valence-electron chi connectivity index (χ4n) is 3.92. The summed E-state index contributed by atoms with van der Waals surface area (Å²) in [5.41, 5.74) is 0.853. The number of fused-ring (bicyclic) bond motifs is 3. The highest BCUT2D eigenvalue weighted by Gasteiger charge is 2.33. The Labute approximate surface area is 172 Å². The summed E-state index contributed by atoms with van der Waals surface area (Å²) in [6.07, 6.45) is 2.14. The molecule has 1 atom stereocenters. The van der Waals surface area contributed by atoms with Crippen LogP contribution in [-0.2, 0) is 29.6 Å². The van der Waals surface area contributed by atoms with Crippen molar-refractivity contribution >= 4 is 59.0 Å². The molecule has 30 heavy (non-hydrogen) atoms. The third-order valence-corrected chi connectivity index (χ3v) is 8.33. The van der Waals surface area contributed by atoms with Crippen LogP contribution in [0, 0.1) is 0 Å². The van der Waals surface area contributed by atoms with Gasteiger partial charge in [-0.2, -0.15) is 3.71 Å². The Balaban J connectivity index is 1.91. The van der Waals surface area contributed by atoms with Crippen LogP contribution in [-0.4, -0.2) is 46.1 Å². The van der Waals surface area contributed by atoms with E-state index in [9.17, 15) is 26.4 Å². The molecular formula is C19H18N2O7S2. The molecule has 1 aliphatic rings. The van der Waals surface area contributed by atoms with Gasteiger partial charge in [0.05, 0.1) is 35.9 Å². The van der Waals surface area contributed by atoms with Gasteiger partial charge in [-0.15, -0.1) is 0 Å². The molecule has 1 aliphatic carbocycles. The smallest absolute Gasteiger partial charge is 0.245 e. The molecule has 158 valence electrons. The normalized spacial score (nSPS) is 18.3. The lowest BCUT2D eigenvalue weighted by Crippen LogP contribution is -2.35. The van der Waals surface area contributed by atoms with E-state index < -0.39 is 26.0 Å². The molecule has 3 aromatic rings. The molecule has 9 nitrogen and oxygen atoms in total. The Morgan fingerprint density at radius 1 is 1.03 bits per heavy atom. The zero-order valence-corrected chi connectivity index (χ0v) is 17.8. The van der Waals surface area contributed by atoms with Crippen LogP contribution in [0.15, 0.2) is 34.9 Å². The first-order chi connectivity index (χ1) is 14.0. The summed E-state index contributed by atoms with van der Waals surface area (Å²) in [4.78, 5) is 24.0. The molecule has 2 aromatic carbocycles. The highest BCUT2D eigenvalue weighted by Crippen LogP contribution is 2.38. The van der Waals surface area contributed by atoms with Crippen LogP contribution in [0.1, 0.15) is 30.9 Å². The number of rotatable bonds is 4. The molecule has 4 rings (SSSR count). The van der Waals surface area contributed by atoms with E-state index in [2.05, 4.69) is 5.16 Å².